The first-order chi connectivity index (χ1) is 16.2. The van der Waals surface area contributed by atoms with E-state index in [0.717, 1.165) is 38.5 Å². The van der Waals surface area contributed by atoms with Crippen LogP contribution < -0.4 is 0 Å². The molecule has 3 aromatic carbocycles. The summed E-state index contributed by atoms with van der Waals surface area (Å²) in [5.74, 6) is 2.04. The van der Waals surface area contributed by atoms with Gasteiger partial charge in [-0.1, -0.05) is 60.7 Å². The smallest absolute Gasteiger partial charge is 0.163 e. The van der Waals surface area contributed by atoms with E-state index >= 15 is 0 Å². The predicted octanol–water partition coefficient (Wildman–Crippen LogP) is 6.28. The summed E-state index contributed by atoms with van der Waals surface area (Å²) in [7, 11) is 0. The minimum absolute atomic E-state index is 0.665. The average Bonchev–Trinajstić information content (AvgIpc) is 2.88. The minimum Gasteiger partial charge on any atom is -0.264 e. The third-order valence-electron chi connectivity index (χ3n) is 5.75. The van der Waals surface area contributed by atoms with Gasteiger partial charge in [-0.15, -0.1) is 0 Å². The maximum Gasteiger partial charge on any atom is 0.163 e. The van der Waals surface area contributed by atoms with Gasteiger partial charge >= 0.3 is 0 Å². The largest absolute Gasteiger partial charge is 0.264 e. The van der Waals surface area contributed by atoms with Crippen LogP contribution in [0.4, 0.5) is 0 Å². The SMILES string of the molecule is Cc1nc(-c2ccc(-c3ccnc4ccncc34)cc2)nc(-c2ccc3ccccc3c2)n1. The van der Waals surface area contributed by atoms with E-state index in [1.807, 2.05) is 43.6 Å². The predicted molar refractivity (Wildman–Crippen MR) is 131 cm³/mol. The van der Waals surface area contributed by atoms with Crippen LogP contribution in [0.15, 0.2) is 97.5 Å². The zero-order chi connectivity index (χ0) is 22.2. The van der Waals surface area contributed by atoms with Crippen LogP contribution in [-0.4, -0.2) is 24.9 Å². The van der Waals surface area contributed by atoms with Gasteiger partial charge in [0.25, 0.3) is 0 Å². The van der Waals surface area contributed by atoms with Gasteiger partial charge in [0.15, 0.2) is 11.6 Å². The van der Waals surface area contributed by atoms with Crippen molar-refractivity contribution in [2.75, 3.05) is 0 Å². The molecule has 3 heterocycles. The van der Waals surface area contributed by atoms with Gasteiger partial charge in [0.1, 0.15) is 5.82 Å². The van der Waals surface area contributed by atoms with E-state index in [1.165, 1.54) is 5.39 Å². The van der Waals surface area contributed by atoms with Gasteiger partial charge in [0, 0.05) is 35.1 Å². The van der Waals surface area contributed by atoms with E-state index in [4.69, 9.17) is 4.98 Å². The Labute approximate surface area is 190 Å². The second-order valence-corrected chi connectivity index (χ2v) is 7.92. The molecule has 3 aromatic heterocycles. The van der Waals surface area contributed by atoms with Crippen molar-refractivity contribution in [3.8, 4) is 33.9 Å². The van der Waals surface area contributed by atoms with Crippen molar-refractivity contribution in [3.05, 3.63) is 103 Å². The lowest BCUT2D eigenvalue weighted by Gasteiger charge is -2.09. The van der Waals surface area contributed by atoms with Gasteiger partial charge < -0.3 is 0 Å². The quantitative estimate of drug-likeness (QED) is 0.334. The fourth-order valence-electron chi connectivity index (χ4n) is 4.11. The third kappa shape index (κ3) is 3.59. The summed E-state index contributed by atoms with van der Waals surface area (Å²) in [4.78, 5) is 22.7. The topological polar surface area (TPSA) is 64.5 Å². The Morgan fingerprint density at radius 3 is 2.18 bits per heavy atom. The lowest BCUT2D eigenvalue weighted by molar-refractivity contribution is 0.992. The molecule has 0 saturated carbocycles. The van der Waals surface area contributed by atoms with Gasteiger partial charge in [-0.2, -0.15) is 0 Å². The zero-order valence-corrected chi connectivity index (χ0v) is 18.0. The molecule has 5 nitrogen and oxygen atoms in total. The summed E-state index contributed by atoms with van der Waals surface area (Å²) in [5.41, 5.74) is 5.05. The molecule has 156 valence electrons. The van der Waals surface area contributed by atoms with Gasteiger partial charge in [0.05, 0.1) is 5.52 Å². The normalized spacial score (nSPS) is 11.2. The van der Waals surface area contributed by atoms with Crippen LogP contribution in [0.25, 0.3) is 55.6 Å². The first-order valence-electron chi connectivity index (χ1n) is 10.8. The van der Waals surface area contributed by atoms with E-state index in [9.17, 15) is 0 Å². The highest BCUT2D eigenvalue weighted by Crippen LogP contribution is 2.29. The Bertz CT molecular complexity index is 1620. The molecule has 0 aliphatic heterocycles. The molecule has 5 heteroatoms. The van der Waals surface area contributed by atoms with Gasteiger partial charge in [-0.3, -0.25) is 9.97 Å². The molecule has 0 unspecified atom stereocenters. The maximum absolute atomic E-state index is 4.79. The molecular weight excluding hydrogens is 406 g/mol. The third-order valence-corrected chi connectivity index (χ3v) is 5.75. The van der Waals surface area contributed by atoms with E-state index in [2.05, 4.69) is 74.5 Å². The van der Waals surface area contributed by atoms with Crippen molar-refractivity contribution < 1.29 is 0 Å². The fourth-order valence-corrected chi connectivity index (χ4v) is 4.11. The lowest BCUT2D eigenvalue weighted by Crippen LogP contribution is -1.99. The van der Waals surface area contributed by atoms with Crippen LogP contribution in [0.2, 0.25) is 0 Å². The number of hydrogen-bond donors (Lipinski definition) is 0. The van der Waals surface area contributed by atoms with Crippen molar-refractivity contribution >= 4 is 21.7 Å². The Morgan fingerprint density at radius 2 is 1.33 bits per heavy atom. The van der Waals surface area contributed by atoms with E-state index < -0.39 is 0 Å². The van der Waals surface area contributed by atoms with E-state index in [1.54, 1.807) is 6.20 Å². The highest BCUT2D eigenvalue weighted by Gasteiger charge is 2.11. The molecule has 0 amide bonds. The van der Waals surface area contributed by atoms with Crippen LogP contribution in [0.5, 0.6) is 0 Å². The molecule has 0 atom stereocenters. The molecule has 6 aromatic rings. The van der Waals surface area contributed by atoms with Crippen molar-refractivity contribution in [2.45, 2.75) is 6.92 Å². The number of fused-ring (bicyclic) bond motifs is 2. The number of rotatable bonds is 3. The Balaban J connectivity index is 1.39. The summed E-state index contributed by atoms with van der Waals surface area (Å²) in [6.07, 6.45) is 5.45. The standard InChI is InChI=1S/C28H19N5/c1-18-31-27(33-28(32-18)23-11-6-19-4-2-3-5-22(19)16-23)21-9-7-20(8-10-21)24-12-15-30-26-13-14-29-17-25(24)26/h2-17H,1H3. The number of hydrogen-bond acceptors (Lipinski definition) is 5. The molecule has 0 spiro atoms. The lowest BCUT2D eigenvalue weighted by atomic mass is 10.0. The van der Waals surface area contributed by atoms with Crippen molar-refractivity contribution in [3.63, 3.8) is 0 Å². The first kappa shape index (κ1) is 19.2. The molecule has 33 heavy (non-hydrogen) atoms. The molecule has 0 radical (unpaired) electrons. The molecule has 6 rings (SSSR count). The summed E-state index contributed by atoms with van der Waals surface area (Å²) >= 11 is 0. The number of aromatic nitrogens is 5. The Morgan fingerprint density at radius 1 is 0.606 bits per heavy atom. The molecule has 0 saturated heterocycles. The monoisotopic (exact) mass is 425 g/mol. The molecule has 0 N–H and O–H groups in total. The minimum atomic E-state index is 0.665. The summed E-state index contributed by atoms with van der Waals surface area (Å²) in [5, 5.41) is 3.39. The number of nitrogens with zero attached hydrogens (tertiary/aromatic N) is 5. The molecule has 0 aliphatic carbocycles. The van der Waals surface area contributed by atoms with Gasteiger partial charge in [-0.25, -0.2) is 15.0 Å². The van der Waals surface area contributed by atoms with Crippen LogP contribution in [0.1, 0.15) is 5.82 Å². The second-order valence-electron chi connectivity index (χ2n) is 7.92. The van der Waals surface area contributed by atoms with Crippen molar-refractivity contribution in [1.29, 1.82) is 0 Å². The molecule has 0 fully saturated rings. The number of aryl methyl sites for hydroxylation is 1. The van der Waals surface area contributed by atoms with E-state index in [0.29, 0.717) is 17.5 Å². The average molecular weight is 425 g/mol. The van der Waals surface area contributed by atoms with Crippen LogP contribution in [0, 0.1) is 6.92 Å². The van der Waals surface area contributed by atoms with Crippen LogP contribution in [0.3, 0.4) is 0 Å². The number of pyridine rings is 2. The second kappa shape index (κ2) is 7.88. The fraction of sp³-hybridized carbons (Fsp3) is 0.0357. The van der Waals surface area contributed by atoms with Gasteiger partial charge in [-0.05, 0) is 47.0 Å². The Hall–Kier alpha value is -4.51. The maximum atomic E-state index is 4.79. The highest BCUT2D eigenvalue weighted by molar-refractivity contribution is 5.93. The molecule has 0 aliphatic rings. The number of benzene rings is 3. The van der Waals surface area contributed by atoms with Crippen LogP contribution >= 0.6 is 0 Å². The summed E-state index contributed by atoms with van der Waals surface area (Å²) < 4.78 is 0. The molecule has 0 bridgehead atoms. The highest BCUT2D eigenvalue weighted by atomic mass is 15.0. The molecular formula is C28H19N5. The van der Waals surface area contributed by atoms with Crippen LogP contribution in [-0.2, 0) is 0 Å². The van der Waals surface area contributed by atoms with Gasteiger partial charge in [0.2, 0.25) is 0 Å². The van der Waals surface area contributed by atoms with Crippen molar-refractivity contribution in [1.82, 2.24) is 24.9 Å². The van der Waals surface area contributed by atoms with E-state index in [-0.39, 0.29) is 0 Å². The first-order valence-corrected chi connectivity index (χ1v) is 10.8. The zero-order valence-electron chi connectivity index (χ0n) is 18.0. The summed E-state index contributed by atoms with van der Waals surface area (Å²) in [6.45, 7) is 1.90. The summed E-state index contributed by atoms with van der Waals surface area (Å²) in [6, 6.07) is 26.8. The Kier molecular flexibility index (Phi) is 4.58. The van der Waals surface area contributed by atoms with Crippen molar-refractivity contribution in [2.24, 2.45) is 0 Å².